The zero-order chi connectivity index (χ0) is 20.2. The van der Waals surface area contributed by atoms with Gasteiger partial charge in [-0.2, -0.15) is 0 Å². The van der Waals surface area contributed by atoms with E-state index in [-0.39, 0.29) is 17.1 Å². The normalized spacial score (nSPS) is 38.0. The molecule has 5 fully saturated rings. The zero-order valence-electron chi connectivity index (χ0n) is 16.9. The second-order valence-electron chi connectivity index (χ2n) is 10.1. The lowest BCUT2D eigenvalue weighted by Crippen LogP contribution is -2.48. The molecule has 1 atom stereocenters. The maximum absolute atomic E-state index is 13.3. The molecule has 1 amide bonds. The predicted octanol–water partition coefficient (Wildman–Crippen LogP) is 4.63. The third-order valence-corrected chi connectivity index (χ3v) is 10.5. The van der Waals surface area contributed by atoms with E-state index in [4.69, 9.17) is 11.6 Å². The minimum Gasteiger partial charge on any atom is -0.342 e. The molecule has 1 aromatic rings. The highest BCUT2D eigenvalue weighted by molar-refractivity contribution is 7.91. The van der Waals surface area contributed by atoms with Gasteiger partial charge in [-0.05, 0) is 79.7 Å². The molecule has 6 heteroatoms. The molecule has 0 aromatic heterocycles. The fourth-order valence-electron chi connectivity index (χ4n) is 7.22. The lowest BCUT2D eigenvalue weighted by atomic mass is 9.49. The van der Waals surface area contributed by atoms with E-state index in [1.165, 1.54) is 38.5 Å². The van der Waals surface area contributed by atoms with E-state index < -0.39 is 15.1 Å². The van der Waals surface area contributed by atoms with Crippen LogP contribution in [-0.2, 0) is 14.6 Å². The number of rotatable bonds is 3. The fourth-order valence-corrected chi connectivity index (χ4v) is 9.37. The highest BCUT2D eigenvalue weighted by Crippen LogP contribution is 2.61. The van der Waals surface area contributed by atoms with Crippen LogP contribution in [0.1, 0.15) is 62.2 Å². The van der Waals surface area contributed by atoms with Gasteiger partial charge in [-0.3, -0.25) is 4.79 Å². The number of sulfone groups is 1. The van der Waals surface area contributed by atoms with Gasteiger partial charge in [0.05, 0.1) is 11.0 Å². The Bertz CT molecular complexity index is 877. The molecule has 1 saturated heterocycles. The second kappa shape index (κ2) is 7.26. The van der Waals surface area contributed by atoms with Crippen molar-refractivity contribution < 1.29 is 13.2 Å². The first-order valence-electron chi connectivity index (χ1n) is 11.1. The van der Waals surface area contributed by atoms with Crippen molar-refractivity contribution in [2.24, 2.45) is 23.2 Å². The van der Waals surface area contributed by atoms with Gasteiger partial charge in [0.1, 0.15) is 0 Å². The molecule has 1 heterocycles. The SMILES string of the molecule is O=C(CC12CC3CC(CC(C3)C1)C2)N1CCC(c2ccccc2Cl)S(=O)(=O)CC1. The van der Waals surface area contributed by atoms with Gasteiger partial charge < -0.3 is 4.90 Å². The summed E-state index contributed by atoms with van der Waals surface area (Å²) in [6, 6.07) is 7.19. The minimum atomic E-state index is -3.33. The largest absolute Gasteiger partial charge is 0.342 e. The minimum absolute atomic E-state index is 0.0233. The number of benzene rings is 1. The van der Waals surface area contributed by atoms with Crippen molar-refractivity contribution in [3.63, 3.8) is 0 Å². The molecule has 4 nitrogen and oxygen atoms in total. The van der Waals surface area contributed by atoms with Crippen LogP contribution >= 0.6 is 11.6 Å². The number of carbonyl (C=O) groups excluding carboxylic acids is 1. The average molecular weight is 436 g/mol. The van der Waals surface area contributed by atoms with Crippen LogP contribution in [0.3, 0.4) is 0 Å². The monoisotopic (exact) mass is 435 g/mol. The third kappa shape index (κ3) is 3.74. The van der Waals surface area contributed by atoms with Gasteiger partial charge in [0, 0.05) is 24.5 Å². The van der Waals surface area contributed by atoms with Crippen molar-refractivity contribution in [1.29, 1.82) is 0 Å². The molecule has 1 unspecified atom stereocenters. The highest BCUT2D eigenvalue weighted by atomic mass is 35.5. The summed E-state index contributed by atoms with van der Waals surface area (Å²) in [6.45, 7) is 0.814. The van der Waals surface area contributed by atoms with Crippen molar-refractivity contribution in [2.75, 3.05) is 18.8 Å². The summed E-state index contributed by atoms with van der Waals surface area (Å²) in [5.74, 6) is 2.66. The van der Waals surface area contributed by atoms with E-state index >= 15 is 0 Å². The first-order valence-corrected chi connectivity index (χ1v) is 13.2. The topological polar surface area (TPSA) is 54.5 Å². The van der Waals surface area contributed by atoms with E-state index in [2.05, 4.69) is 0 Å². The number of halogens is 1. The Labute approximate surface area is 178 Å². The maximum atomic E-state index is 13.3. The summed E-state index contributed by atoms with van der Waals surface area (Å²) in [5, 5.41) is -0.122. The molecule has 0 N–H and O–H groups in total. The zero-order valence-corrected chi connectivity index (χ0v) is 18.4. The molecule has 4 bridgehead atoms. The Balaban J connectivity index is 1.30. The van der Waals surface area contributed by atoms with Crippen LogP contribution in [0.25, 0.3) is 0 Å². The van der Waals surface area contributed by atoms with E-state index in [9.17, 15) is 13.2 Å². The van der Waals surface area contributed by atoms with Crippen molar-refractivity contribution in [2.45, 2.75) is 56.6 Å². The number of hydrogen-bond donors (Lipinski definition) is 0. The fraction of sp³-hybridized carbons (Fsp3) is 0.696. The maximum Gasteiger partial charge on any atom is 0.223 e. The van der Waals surface area contributed by atoms with Crippen LogP contribution in [-0.4, -0.2) is 38.1 Å². The summed E-state index contributed by atoms with van der Waals surface area (Å²) < 4.78 is 25.9. The van der Waals surface area contributed by atoms with Gasteiger partial charge in [-0.25, -0.2) is 8.42 Å². The van der Waals surface area contributed by atoms with Crippen LogP contribution in [0.4, 0.5) is 0 Å². The van der Waals surface area contributed by atoms with E-state index in [1.807, 2.05) is 17.0 Å². The number of nitrogens with zero attached hydrogens (tertiary/aromatic N) is 1. The molecule has 1 aromatic carbocycles. The van der Waals surface area contributed by atoms with E-state index in [0.29, 0.717) is 36.5 Å². The Morgan fingerprint density at radius 3 is 2.28 bits per heavy atom. The van der Waals surface area contributed by atoms with Gasteiger partial charge >= 0.3 is 0 Å². The summed E-state index contributed by atoms with van der Waals surface area (Å²) in [5.41, 5.74) is 0.864. The Kier molecular flexibility index (Phi) is 4.98. The van der Waals surface area contributed by atoms with Crippen molar-refractivity contribution in [3.05, 3.63) is 34.9 Å². The number of amides is 1. The molecule has 29 heavy (non-hydrogen) atoms. The van der Waals surface area contributed by atoms with Crippen LogP contribution in [0.5, 0.6) is 0 Å². The van der Waals surface area contributed by atoms with E-state index in [0.717, 1.165) is 17.8 Å². The van der Waals surface area contributed by atoms with Crippen molar-refractivity contribution in [1.82, 2.24) is 4.90 Å². The molecular formula is C23H30ClNO3S. The second-order valence-corrected chi connectivity index (χ2v) is 12.9. The van der Waals surface area contributed by atoms with Crippen LogP contribution in [0.2, 0.25) is 5.02 Å². The van der Waals surface area contributed by atoms with E-state index in [1.54, 1.807) is 12.1 Å². The van der Waals surface area contributed by atoms with Crippen molar-refractivity contribution >= 4 is 27.3 Å². The molecule has 0 spiro atoms. The highest BCUT2D eigenvalue weighted by Gasteiger charge is 2.51. The molecule has 4 aliphatic carbocycles. The third-order valence-electron chi connectivity index (χ3n) is 8.04. The van der Waals surface area contributed by atoms with Gasteiger partial charge in [-0.15, -0.1) is 0 Å². The van der Waals surface area contributed by atoms with Gasteiger partial charge in [0.25, 0.3) is 0 Å². The number of carbonyl (C=O) groups is 1. The average Bonchev–Trinajstić information content (AvgIpc) is 2.79. The Morgan fingerprint density at radius 2 is 1.66 bits per heavy atom. The molecule has 4 saturated carbocycles. The molecule has 158 valence electrons. The first kappa shape index (κ1) is 19.9. The predicted molar refractivity (Wildman–Crippen MR) is 114 cm³/mol. The standard InChI is InChI=1S/C23H30ClNO3S/c24-20-4-2-1-3-19(20)21-5-6-25(7-8-29(21,27)28)22(26)15-23-12-16-9-17(13-23)11-18(10-16)14-23/h1-4,16-18,21H,5-15H2. The number of hydrogen-bond acceptors (Lipinski definition) is 3. The quantitative estimate of drug-likeness (QED) is 0.695. The van der Waals surface area contributed by atoms with Gasteiger partial charge in [-0.1, -0.05) is 29.8 Å². The summed E-state index contributed by atoms with van der Waals surface area (Å²) >= 11 is 6.30. The molecule has 1 aliphatic heterocycles. The summed E-state index contributed by atoms with van der Waals surface area (Å²) in [4.78, 5) is 15.1. The lowest BCUT2D eigenvalue weighted by Gasteiger charge is -2.57. The first-order chi connectivity index (χ1) is 13.8. The molecule has 0 radical (unpaired) electrons. The van der Waals surface area contributed by atoms with Crippen LogP contribution < -0.4 is 0 Å². The summed E-state index contributed by atoms with van der Waals surface area (Å²) in [6.07, 6.45) is 8.78. The molecule has 5 aliphatic rings. The van der Waals surface area contributed by atoms with Crippen LogP contribution in [0.15, 0.2) is 24.3 Å². The molecule has 6 rings (SSSR count). The lowest BCUT2D eigenvalue weighted by molar-refractivity contribution is -0.139. The van der Waals surface area contributed by atoms with Gasteiger partial charge in [0.15, 0.2) is 9.84 Å². The Morgan fingerprint density at radius 1 is 1.03 bits per heavy atom. The van der Waals surface area contributed by atoms with Crippen molar-refractivity contribution in [3.8, 4) is 0 Å². The van der Waals surface area contributed by atoms with Gasteiger partial charge in [0.2, 0.25) is 5.91 Å². The van der Waals surface area contributed by atoms with Crippen LogP contribution in [0, 0.1) is 23.2 Å². The smallest absolute Gasteiger partial charge is 0.223 e. The molecular weight excluding hydrogens is 406 g/mol. The summed E-state index contributed by atoms with van der Waals surface area (Å²) in [7, 11) is -3.33. The Hall–Kier alpha value is -1.07.